The molecule has 1 aromatic heterocycles. The van der Waals surface area contributed by atoms with Crippen molar-refractivity contribution in [3.05, 3.63) is 121 Å². The van der Waals surface area contributed by atoms with E-state index in [9.17, 15) is 0 Å². The Morgan fingerprint density at radius 1 is 0.400 bits per heavy atom. The van der Waals surface area contributed by atoms with Crippen LogP contribution in [0.2, 0.25) is 0 Å². The van der Waals surface area contributed by atoms with Crippen LogP contribution < -0.4 is 0 Å². The Balaban J connectivity index is 1.46. The summed E-state index contributed by atoms with van der Waals surface area (Å²) >= 11 is 0. The fourth-order valence-electron chi connectivity index (χ4n) is 3.59. The van der Waals surface area contributed by atoms with E-state index in [0.29, 0.717) is 0 Å². The summed E-state index contributed by atoms with van der Waals surface area (Å²) in [5, 5.41) is 0. The number of nitrogens with zero attached hydrogens (tertiary/aromatic N) is 2. The summed E-state index contributed by atoms with van der Waals surface area (Å²) in [7, 11) is 0. The number of aromatic nitrogens is 2. The normalized spacial score (nSPS) is 10.7. The van der Waals surface area contributed by atoms with E-state index >= 15 is 0 Å². The molecule has 0 aliphatic rings. The van der Waals surface area contributed by atoms with Crippen LogP contribution in [0.3, 0.4) is 0 Å². The van der Waals surface area contributed by atoms with Gasteiger partial charge in [0, 0.05) is 17.3 Å². The van der Waals surface area contributed by atoms with E-state index in [-0.39, 0.29) is 0 Å². The highest BCUT2D eigenvalue weighted by atomic mass is 14.9. The maximum absolute atomic E-state index is 4.84. The summed E-state index contributed by atoms with van der Waals surface area (Å²) in [6, 6.07) is 39.6. The van der Waals surface area contributed by atoms with Gasteiger partial charge >= 0.3 is 0 Å². The molecule has 0 aliphatic heterocycles. The lowest BCUT2D eigenvalue weighted by Gasteiger charge is -2.08. The fourth-order valence-corrected chi connectivity index (χ4v) is 3.59. The Hall–Kier alpha value is -4.04. The molecule has 0 unspecified atom stereocenters. The van der Waals surface area contributed by atoms with Crippen LogP contribution in [-0.2, 0) is 0 Å². The lowest BCUT2D eigenvalue weighted by Crippen LogP contribution is -1.92. The van der Waals surface area contributed by atoms with Crippen LogP contribution in [0.5, 0.6) is 0 Å². The molecule has 5 rings (SSSR count). The standard InChI is InChI=1S/C28H20N2/c1-3-8-21(9-4-1)23-14-16-24(17-15-23)27-18-19-29-28(30-27)26-13-7-12-25(20-26)22-10-5-2-6-11-22/h1-20H. The summed E-state index contributed by atoms with van der Waals surface area (Å²) in [4.78, 5) is 9.36. The largest absolute Gasteiger partial charge is 0.237 e. The van der Waals surface area contributed by atoms with E-state index in [0.717, 1.165) is 28.2 Å². The zero-order valence-corrected chi connectivity index (χ0v) is 16.4. The molecule has 0 aliphatic carbocycles. The molecule has 0 spiro atoms. The minimum atomic E-state index is 0.734. The van der Waals surface area contributed by atoms with Gasteiger partial charge in [-0.05, 0) is 34.4 Å². The molecule has 0 radical (unpaired) electrons. The molecule has 5 aromatic rings. The molecule has 2 nitrogen and oxygen atoms in total. The van der Waals surface area contributed by atoms with Crippen LogP contribution in [0.4, 0.5) is 0 Å². The van der Waals surface area contributed by atoms with Crippen LogP contribution in [0, 0.1) is 0 Å². The second kappa shape index (κ2) is 8.14. The first-order chi connectivity index (χ1) is 14.9. The molecule has 0 fully saturated rings. The van der Waals surface area contributed by atoms with Crippen molar-refractivity contribution in [2.75, 3.05) is 0 Å². The van der Waals surface area contributed by atoms with Gasteiger partial charge in [-0.1, -0.05) is 103 Å². The van der Waals surface area contributed by atoms with Crippen molar-refractivity contribution in [2.24, 2.45) is 0 Å². The minimum Gasteiger partial charge on any atom is -0.237 e. The van der Waals surface area contributed by atoms with Gasteiger partial charge in [0.1, 0.15) is 0 Å². The Labute approximate surface area is 176 Å². The van der Waals surface area contributed by atoms with Gasteiger partial charge in [-0.3, -0.25) is 0 Å². The van der Waals surface area contributed by atoms with Gasteiger partial charge in [-0.25, -0.2) is 9.97 Å². The molecule has 1 heterocycles. The maximum atomic E-state index is 4.84. The number of hydrogen-bond donors (Lipinski definition) is 0. The monoisotopic (exact) mass is 384 g/mol. The molecule has 0 saturated carbocycles. The van der Waals surface area contributed by atoms with Crippen molar-refractivity contribution in [1.82, 2.24) is 9.97 Å². The molecule has 0 amide bonds. The Bertz CT molecular complexity index is 1260. The van der Waals surface area contributed by atoms with Crippen LogP contribution >= 0.6 is 0 Å². The minimum absolute atomic E-state index is 0.734. The second-order valence-electron chi connectivity index (χ2n) is 7.16. The third-order valence-corrected chi connectivity index (χ3v) is 5.17. The number of benzene rings is 4. The highest BCUT2D eigenvalue weighted by molar-refractivity contribution is 5.72. The molecular weight excluding hydrogens is 364 g/mol. The Morgan fingerprint density at radius 3 is 1.63 bits per heavy atom. The summed E-state index contributed by atoms with van der Waals surface area (Å²) in [6.07, 6.45) is 1.83. The summed E-state index contributed by atoms with van der Waals surface area (Å²) in [5.74, 6) is 0.734. The van der Waals surface area contributed by atoms with Crippen LogP contribution in [0.25, 0.3) is 44.9 Å². The van der Waals surface area contributed by atoms with E-state index < -0.39 is 0 Å². The van der Waals surface area contributed by atoms with Gasteiger partial charge in [0.15, 0.2) is 5.82 Å². The quantitative estimate of drug-likeness (QED) is 0.329. The zero-order valence-electron chi connectivity index (χ0n) is 16.4. The average molecular weight is 384 g/mol. The van der Waals surface area contributed by atoms with Crippen LogP contribution in [-0.4, -0.2) is 9.97 Å². The molecule has 142 valence electrons. The SMILES string of the molecule is c1ccc(-c2ccc(-c3ccnc(-c4cccc(-c5ccccc5)c4)n3)cc2)cc1. The lowest BCUT2D eigenvalue weighted by molar-refractivity contribution is 1.18. The van der Waals surface area contributed by atoms with Crippen molar-refractivity contribution in [1.29, 1.82) is 0 Å². The molecule has 30 heavy (non-hydrogen) atoms. The highest BCUT2D eigenvalue weighted by Gasteiger charge is 2.07. The maximum Gasteiger partial charge on any atom is 0.159 e. The van der Waals surface area contributed by atoms with Gasteiger partial charge in [-0.15, -0.1) is 0 Å². The molecule has 4 aromatic carbocycles. The van der Waals surface area contributed by atoms with E-state index in [1.54, 1.807) is 0 Å². The Morgan fingerprint density at radius 2 is 0.933 bits per heavy atom. The van der Waals surface area contributed by atoms with Crippen molar-refractivity contribution in [3.8, 4) is 44.9 Å². The van der Waals surface area contributed by atoms with Gasteiger partial charge in [0.05, 0.1) is 5.69 Å². The number of rotatable bonds is 4. The van der Waals surface area contributed by atoms with Crippen molar-refractivity contribution in [3.63, 3.8) is 0 Å². The zero-order chi connectivity index (χ0) is 20.2. The van der Waals surface area contributed by atoms with E-state index in [1.165, 1.54) is 16.7 Å². The molecule has 0 bridgehead atoms. The summed E-state index contributed by atoms with van der Waals surface area (Å²) in [5.41, 5.74) is 7.78. The van der Waals surface area contributed by atoms with Gasteiger partial charge < -0.3 is 0 Å². The lowest BCUT2D eigenvalue weighted by atomic mass is 10.0. The highest BCUT2D eigenvalue weighted by Crippen LogP contribution is 2.27. The van der Waals surface area contributed by atoms with Gasteiger partial charge in [0.25, 0.3) is 0 Å². The first-order valence-electron chi connectivity index (χ1n) is 10.0. The van der Waals surface area contributed by atoms with Gasteiger partial charge in [0.2, 0.25) is 0 Å². The fraction of sp³-hybridized carbons (Fsp3) is 0. The van der Waals surface area contributed by atoms with Crippen molar-refractivity contribution >= 4 is 0 Å². The van der Waals surface area contributed by atoms with E-state index in [1.807, 2.05) is 24.4 Å². The third kappa shape index (κ3) is 3.76. The molecule has 0 saturated heterocycles. The van der Waals surface area contributed by atoms with E-state index in [2.05, 4.69) is 102 Å². The smallest absolute Gasteiger partial charge is 0.159 e. The topological polar surface area (TPSA) is 25.8 Å². The molecule has 2 heteroatoms. The predicted molar refractivity (Wildman–Crippen MR) is 124 cm³/mol. The van der Waals surface area contributed by atoms with Crippen LogP contribution in [0.1, 0.15) is 0 Å². The van der Waals surface area contributed by atoms with E-state index in [4.69, 9.17) is 4.98 Å². The molecule has 0 N–H and O–H groups in total. The predicted octanol–water partition coefficient (Wildman–Crippen LogP) is 7.14. The first-order valence-corrected chi connectivity index (χ1v) is 10.0. The Kier molecular flexibility index (Phi) is 4.89. The second-order valence-corrected chi connectivity index (χ2v) is 7.16. The first kappa shape index (κ1) is 18.0. The third-order valence-electron chi connectivity index (χ3n) is 5.17. The number of hydrogen-bond acceptors (Lipinski definition) is 2. The average Bonchev–Trinajstić information content (AvgIpc) is 2.85. The van der Waals surface area contributed by atoms with Gasteiger partial charge in [-0.2, -0.15) is 0 Å². The summed E-state index contributed by atoms with van der Waals surface area (Å²) < 4.78 is 0. The molecular formula is C28H20N2. The van der Waals surface area contributed by atoms with Crippen molar-refractivity contribution < 1.29 is 0 Å². The molecule has 0 atom stereocenters. The van der Waals surface area contributed by atoms with Crippen LogP contribution in [0.15, 0.2) is 121 Å². The van der Waals surface area contributed by atoms with Crippen molar-refractivity contribution in [2.45, 2.75) is 0 Å². The summed E-state index contributed by atoms with van der Waals surface area (Å²) in [6.45, 7) is 0.